The molecule has 0 spiro atoms. The van der Waals surface area contributed by atoms with Crippen LogP contribution in [0, 0.1) is 5.92 Å². The third-order valence-electron chi connectivity index (χ3n) is 6.46. The zero-order valence-electron chi connectivity index (χ0n) is 17.2. The largest absolute Gasteiger partial charge is 0.395 e. The standard InChI is InChI=1S/C22H33N5O/c1-17-7-11-26(12-8-17)21-22(24-20-6-4-3-5-19(20)23-21)27-13-9-18(10-14-27)25(2)15-16-28/h3-6,17-18,28H,7-16H2,1-2H3. The number of anilines is 2. The topological polar surface area (TPSA) is 55.7 Å². The number of hydrogen-bond donors (Lipinski definition) is 1. The predicted octanol–water partition coefficient (Wildman–Crippen LogP) is 2.76. The molecule has 1 aromatic heterocycles. The number of aliphatic hydroxyl groups is 1. The SMILES string of the molecule is CC1CCN(c2nc3ccccc3nc2N2CCC(N(C)CCO)CC2)CC1. The highest BCUT2D eigenvalue weighted by molar-refractivity contribution is 5.81. The van der Waals surface area contributed by atoms with E-state index in [-0.39, 0.29) is 6.61 Å². The van der Waals surface area contributed by atoms with Gasteiger partial charge >= 0.3 is 0 Å². The molecule has 2 saturated heterocycles. The van der Waals surface area contributed by atoms with Gasteiger partial charge < -0.3 is 19.8 Å². The van der Waals surface area contributed by atoms with Gasteiger partial charge in [-0.25, -0.2) is 9.97 Å². The summed E-state index contributed by atoms with van der Waals surface area (Å²) in [7, 11) is 2.12. The first-order chi connectivity index (χ1) is 13.7. The highest BCUT2D eigenvalue weighted by Crippen LogP contribution is 2.33. The second-order valence-corrected chi connectivity index (χ2v) is 8.45. The van der Waals surface area contributed by atoms with Crippen molar-refractivity contribution < 1.29 is 5.11 Å². The van der Waals surface area contributed by atoms with Crippen molar-refractivity contribution in [3.63, 3.8) is 0 Å². The Balaban J connectivity index is 1.59. The lowest BCUT2D eigenvalue weighted by molar-refractivity contribution is 0.161. The fraction of sp³-hybridized carbons (Fsp3) is 0.636. The van der Waals surface area contributed by atoms with Crippen LogP contribution in [0.4, 0.5) is 11.6 Å². The number of para-hydroxylation sites is 2. The van der Waals surface area contributed by atoms with Gasteiger partial charge in [-0.15, -0.1) is 0 Å². The van der Waals surface area contributed by atoms with Gasteiger partial charge in [-0.2, -0.15) is 0 Å². The third-order valence-corrected chi connectivity index (χ3v) is 6.46. The number of nitrogens with zero attached hydrogens (tertiary/aromatic N) is 5. The van der Waals surface area contributed by atoms with E-state index in [0.29, 0.717) is 6.04 Å². The first kappa shape index (κ1) is 19.4. The Morgan fingerprint density at radius 1 is 0.929 bits per heavy atom. The Labute approximate surface area is 168 Å². The van der Waals surface area contributed by atoms with Crippen LogP contribution < -0.4 is 9.80 Å². The van der Waals surface area contributed by atoms with Crippen LogP contribution in [0.1, 0.15) is 32.6 Å². The average Bonchev–Trinajstić information content (AvgIpc) is 2.74. The lowest BCUT2D eigenvalue weighted by atomic mass is 9.99. The van der Waals surface area contributed by atoms with Gasteiger partial charge in [-0.3, -0.25) is 0 Å². The van der Waals surface area contributed by atoms with Crippen molar-refractivity contribution in [2.75, 3.05) is 56.2 Å². The van der Waals surface area contributed by atoms with Crippen molar-refractivity contribution in [3.8, 4) is 0 Å². The Bertz CT molecular complexity index is 782. The third kappa shape index (κ3) is 4.08. The van der Waals surface area contributed by atoms with Crippen LogP contribution in [0.25, 0.3) is 11.0 Å². The number of hydrogen-bond acceptors (Lipinski definition) is 6. The number of rotatable bonds is 5. The van der Waals surface area contributed by atoms with Crippen molar-refractivity contribution >= 4 is 22.7 Å². The van der Waals surface area contributed by atoms with Gasteiger partial charge in [-0.1, -0.05) is 19.1 Å². The van der Waals surface area contributed by atoms with E-state index in [4.69, 9.17) is 9.97 Å². The fourth-order valence-corrected chi connectivity index (χ4v) is 4.48. The zero-order chi connectivity index (χ0) is 19.5. The Hall–Kier alpha value is -1.92. The van der Waals surface area contributed by atoms with Gasteiger partial charge in [0.25, 0.3) is 0 Å². The van der Waals surface area contributed by atoms with E-state index in [1.807, 2.05) is 12.1 Å². The molecule has 2 aromatic rings. The van der Waals surface area contributed by atoms with Crippen LogP contribution in [0.2, 0.25) is 0 Å². The van der Waals surface area contributed by atoms with Crippen LogP contribution in [0.5, 0.6) is 0 Å². The summed E-state index contributed by atoms with van der Waals surface area (Å²) in [5, 5.41) is 9.22. The molecule has 2 aliphatic rings. The van der Waals surface area contributed by atoms with Gasteiger partial charge in [0.05, 0.1) is 17.6 Å². The number of piperidine rings is 2. The van der Waals surface area contributed by atoms with Crippen molar-refractivity contribution in [1.82, 2.24) is 14.9 Å². The number of aliphatic hydroxyl groups excluding tert-OH is 1. The molecule has 4 rings (SSSR count). The van der Waals surface area contributed by atoms with E-state index in [9.17, 15) is 5.11 Å². The molecule has 0 atom stereocenters. The maximum atomic E-state index is 9.22. The molecule has 6 heteroatoms. The summed E-state index contributed by atoms with van der Waals surface area (Å²) in [5.74, 6) is 2.91. The van der Waals surface area contributed by atoms with Gasteiger partial charge in [0, 0.05) is 38.8 Å². The number of aromatic nitrogens is 2. The van der Waals surface area contributed by atoms with E-state index >= 15 is 0 Å². The molecule has 152 valence electrons. The van der Waals surface area contributed by atoms with Crippen LogP contribution in [-0.4, -0.2) is 72.4 Å². The lowest BCUT2D eigenvalue weighted by Gasteiger charge is -2.39. The predicted molar refractivity (Wildman–Crippen MR) is 115 cm³/mol. The lowest BCUT2D eigenvalue weighted by Crippen LogP contribution is -2.45. The number of likely N-dealkylation sites (N-methyl/N-ethyl adjacent to an activating group) is 1. The molecule has 0 saturated carbocycles. The van der Waals surface area contributed by atoms with E-state index in [0.717, 1.165) is 74.2 Å². The first-order valence-electron chi connectivity index (χ1n) is 10.7. The van der Waals surface area contributed by atoms with Crippen LogP contribution in [0.3, 0.4) is 0 Å². The summed E-state index contributed by atoms with van der Waals surface area (Å²) >= 11 is 0. The molecule has 3 heterocycles. The summed E-state index contributed by atoms with van der Waals surface area (Å²) in [4.78, 5) is 17.3. The Morgan fingerprint density at radius 2 is 1.43 bits per heavy atom. The summed E-state index contributed by atoms with van der Waals surface area (Å²) in [6.07, 6.45) is 4.65. The van der Waals surface area contributed by atoms with Crippen LogP contribution in [-0.2, 0) is 0 Å². The van der Waals surface area contributed by atoms with E-state index < -0.39 is 0 Å². The van der Waals surface area contributed by atoms with Crippen LogP contribution >= 0.6 is 0 Å². The molecule has 1 N–H and O–H groups in total. The second-order valence-electron chi connectivity index (χ2n) is 8.45. The van der Waals surface area contributed by atoms with Crippen molar-refractivity contribution in [2.24, 2.45) is 5.92 Å². The minimum Gasteiger partial charge on any atom is -0.395 e. The molecule has 6 nitrogen and oxygen atoms in total. The van der Waals surface area contributed by atoms with Crippen molar-refractivity contribution in [1.29, 1.82) is 0 Å². The van der Waals surface area contributed by atoms with Gasteiger partial charge in [0.15, 0.2) is 11.6 Å². The molecule has 2 fully saturated rings. The molecule has 2 aliphatic heterocycles. The average molecular weight is 384 g/mol. The second kappa shape index (κ2) is 8.62. The van der Waals surface area contributed by atoms with Crippen molar-refractivity contribution in [2.45, 2.75) is 38.6 Å². The molecular weight excluding hydrogens is 350 g/mol. The molecule has 0 amide bonds. The molecular formula is C22H33N5O. The van der Waals surface area contributed by atoms with E-state index in [1.165, 1.54) is 12.8 Å². The summed E-state index contributed by atoms with van der Waals surface area (Å²) in [6, 6.07) is 8.75. The molecule has 0 aliphatic carbocycles. The van der Waals surface area contributed by atoms with Crippen LogP contribution in [0.15, 0.2) is 24.3 Å². The normalized spacial score (nSPS) is 19.7. The summed E-state index contributed by atoms with van der Waals surface area (Å²) in [5.41, 5.74) is 1.96. The minimum atomic E-state index is 0.227. The summed E-state index contributed by atoms with van der Waals surface area (Å²) < 4.78 is 0. The fourth-order valence-electron chi connectivity index (χ4n) is 4.48. The molecule has 0 unspecified atom stereocenters. The minimum absolute atomic E-state index is 0.227. The van der Waals surface area contributed by atoms with Gasteiger partial charge in [-0.05, 0) is 50.8 Å². The van der Waals surface area contributed by atoms with E-state index in [2.05, 4.69) is 40.8 Å². The number of fused-ring (bicyclic) bond motifs is 1. The highest BCUT2D eigenvalue weighted by atomic mass is 16.3. The first-order valence-corrected chi connectivity index (χ1v) is 10.7. The maximum Gasteiger partial charge on any atom is 0.172 e. The molecule has 0 radical (unpaired) electrons. The van der Waals surface area contributed by atoms with Gasteiger partial charge in [0.1, 0.15) is 0 Å². The molecule has 1 aromatic carbocycles. The Kier molecular flexibility index (Phi) is 5.97. The quantitative estimate of drug-likeness (QED) is 0.857. The molecule has 28 heavy (non-hydrogen) atoms. The monoisotopic (exact) mass is 383 g/mol. The zero-order valence-corrected chi connectivity index (χ0v) is 17.2. The summed E-state index contributed by atoms with van der Waals surface area (Å²) in [6.45, 7) is 7.43. The maximum absolute atomic E-state index is 9.22. The van der Waals surface area contributed by atoms with Crippen molar-refractivity contribution in [3.05, 3.63) is 24.3 Å². The molecule has 0 bridgehead atoms. The number of benzene rings is 1. The van der Waals surface area contributed by atoms with E-state index in [1.54, 1.807) is 0 Å². The van der Waals surface area contributed by atoms with Gasteiger partial charge in [0.2, 0.25) is 0 Å². The highest BCUT2D eigenvalue weighted by Gasteiger charge is 2.28. The Morgan fingerprint density at radius 3 is 1.93 bits per heavy atom. The smallest absolute Gasteiger partial charge is 0.172 e.